The maximum atomic E-state index is 10.1. The number of hydrogen-bond donors (Lipinski definition) is 0. The van der Waals surface area contributed by atoms with Crippen LogP contribution in [-0.4, -0.2) is 10.7 Å². The van der Waals surface area contributed by atoms with Crippen molar-refractivity contribution < 1.29 is 4.79 Å². The van der Waals surface area contributed by atoms with Crippen molar-refractivity contribution >= 4 is 23.6 Å². The Labute approximate surface area is 391 Å². The van der Waals surface area contributed by atoms with Crippen molar-refractivity contribution in [1.82, 2.24) is 0 Å². The minimum absolute atomic E-state index is 0.870. The molecule has 0 atom stereocenters. The zero-order valence-corrected chi connectivity index (χ0v) is 42.4. The van der Waals surface area contributed by atoms with E-state index in [1.807, 2.05) is 0 Å². The summed E-state index contributed by atoms with van der Waals surface area (Å²) in [5.74, 6) is 3.17. The predicted molar refractivity (Wildman–Crippen MR) is 283 cm³/mol. The standard InChI is InChI=1S/C61H98N2/c1-7-13-19-21-23-25-27-29-31-33-38-42-55-47-56(43-39-34-32-30-28-26-24-22-20-14-8-2)51-59(50-55)61(60(45-37-17-11-5)57(52-63-62)44-18-12-6)58-48-53(40-35-15-9-3)46-54(49-58)41-36-16-10-4/h38-39,42-43,46-51H,7-37,40-41,44-45H2,1-6H3. The van der Waals surface area contributed by atoms with Gasteiger partial charge >= 0.3 is 5.87 Å². The summed E-state index contributed by atoms with van der Waals surface area (Å²) in [5, 5.41) is 0. The summed E-state index contributed by atoms with van der Waals surface area (Å²) in [6.07, 6.45) is 53.6. The first-order valence-corrected chi connectivity index (χ1v) is 27.4. The highest BCUT2D eigenvalue weighted by atomic mass is 14.8. The van der Waals surface area contributed by atoms with Crippen molar-refractivity contribution in [3.63, 3.8) is 0 Å². The molecular weight excluding hydrogens is 761 g/mol. The fourth-order valence-electron chi connectivity index (χ4n) is 9.13. The summed E-state index contributed by atoms with van der Waals surface area (Å²) >= 11 is 0. The molecule has 2 aromatic carbocycles. The third-order valence-corrected chi connectivity index (χ3v) is 13.0. The van der Waals surface area contributed by atoms with E-state index in [1.165, 1.54) is 211 Å². The van der Waals surface area contributed by atoms with Crippen LogP contribution in [0, 0.1) is 0 Å². The molecule has 352 valence electrons. The van der Waals surface area contributed by atoms with E-state index in [-0.39, 0.29) is 0 Å². The van der Waals surface area contributed by atoms with Crippen molar-refractivity contribution in [2.24, 2.45) is 0 Å². The molecule has 63 heavy (non-hydrogen) atoms. The van der Waals surface area contributed by atoms with Crippen molar-refractivity contribution in [3.8, 4) is 0 Å². The molecule has 0 fully saturated rings. The van der Waals surface area contributed by atoms with E-state index in [0.29, 0.717) is 0 Å². The van der Waals surface area contributed by atoms with Crippen LogP contribution < -0.4 is 0 Å². The lowest BCUT2D eigenvalue weighted by molar-refractivity contribution is 0.00739. The Kier molecular flexibility index (Phi) is 34.8. The van der Waals surface area contributed by atoms with Crippen molar-refractivity contribution in [3.05, 3.63) is 98.6 Å². The normalized spacial score (nSPS) is 12.0. The van der Waals surface area contributed by atoms with Crippen LogP contribution >= 0.6 is 0 Å². The summed E-state index contributed by atoms with van der Waals surface area (Å²) in [5.41, 5.74) is 21.9. The Bertz CT molecular complexity index is 1550. The van der Waals surface area contributed by atoms with Gasteiger partial charge in [-0.2, -0.15) is 0 Å². The van der Waals surface area contributed by atoms with Gasteiger partial charge in [0, 0.05) is 0 Å². The zero-order chi connectivity index (χ0) is 45.4. The molecule has 0 spiro atoms. The fourth-order valence-corrected chi connectivity index (χ4v) is 9.13. The molecule has 0 aliphatic heterocycles. The fraction of sp³-hybridized carbons (Fsp3) is 0.672. The van der Waals surface area contributed by atoms with Crippen LogP contribution in [-0.2, 0) is 12.8 Å². The number of unbranched alkanes of at least 4 members (excludes halogenated alkanes) is 25. The molecule has 0 heterocycles. The number of aryl methyl sites for hydroxylation is 2. The van der Waals surface area contributed by atoms with Crippen LogP contribution in [0.2, 0.25) is 0 Å². The third kappa shape index (κ3) is 26.4. The molecule has 0 amide bonds. The number of allylic oxidation sites excluding steroid dienone is 4. The first-order chi connectivity index (χ1) is 31.0. The molecule has 2 nitrogen and oxygen atoms in total. The van der Waals surface area contributed by atoms with Crippen LogP contribution in [0.1, 0.15) is 287 Å². The second-order valence-electron chi connectivity index (χ2n) is 19.0. The molecule has 2 rings (SSSR count). The first kappa shape index (κ1) is 56.0. The average Bonchev–Trinajstić information content (AvgIpc) is 3.28. The van der Waals surface area contributed by atoms with Crippen molar-refractivity contribution in [2.75, 3.05) is 0 Å². The van der Waals surface area contributed by atoms with Gasteiger partial charge < -0.3 is 5.53 Å². The number of rotatable bonds is 40. The van der Waals surface area contributed by atoms with E-state index in [9.17, 15) is 5.53 Å². The van der Waals surface area contributed by atoms with Crippen LogP contribution in [0.5, 0.6) is 0 Å². The minimum atomic E-state index is 0.870. The lowest BCUT2D eigenvalue weighted by Gasteiger charge is -2.20. The van der Waals surface area contributed by atoms with Gasteiger partial charge in [-0.05, 0) is 140 Å². The Morgan fingerprint density at radius 1 is 0.429 bits per heavy atom. The van der Waals surface area contributed by atoms with E-state index in [4.69, 9.17) is 0 Å². The summed E-state index contributed by atoms with van der Waals surface area (Å²) < 4.78 is 0. The molecule has 0 saturated carbocycles. The molecule has 0 saturated heterocycles. The van der Waals surface area contributed by atoms with Gasteiger partial charge in [0.2, 0.25) is 0 Å². The highest BCUT2D eigenvalue weighted by Crippen LogP contribution is 2.37. The number of benzene rings is 2. The van der Waals surface area contributed by atoms with Crippen LogP contribution in [0.25, 0.3) is 23.3 Å². The van der Waals surface area contributed by atoms with Gasteiger partial charge in [0.1, 0.15) is 0 Å². The number of hydrogen-bond acceptors (Lipinski definition) is 0. The molecule has 0 bridgehead atoms. The molecule has 2 heteroatoms. The first-order valence-electron chi connectivity index (χ1n) is 27.4. The monoisotopic (exact) mass is 859 g/mol. The van der Waals surface area contributed by atoms with E-state index in [2.05, 4.69) is 113 Å². The highest BCUT2D eigenvalue weighted by molar-refractivity contribution is 5.88. The zero-order valence-electron chi connectivity index (χ0n) is 42.4. The summed E-state index contributed by atoms with van der Waals surface area (Å²) in [6, 6.07) is 14.9. The van der Waals surface area contributed by atoms with Gasteiger partial charge in [-0.3, -0.25) is 0 Å². The lowest BCUT2D eigenvalue weighted by Crippen LogP contribution is -2.03. The van der Waals surface area contributed by atoms with Crippen LogP contribution in [0.3, 0.4) is 0 Å². The summed E-state index contributed by atoms with van der Waals surface area (Å²) in [6.45, 7) is 13.8. The molecule has 2 aromatic rings. The summed E-state index contributed by atoms with van der Waals surface area (Å²) in [7, 11) is 0. The topological polar surface area (TPSA) is 36.4 Å². The predicted octanol–water partition coefficient (Wildman–Crippen LogP) is 20.4. The average molecular weight is 859 g/mol. The lowest BCUT2D eigenvalue weighted by atomic mass is 9.83. The van der Waals surface area contributed by atoms with Crippen LogP contribution in [0.4, 0.5) is 0 Å². The van der Waals surface area contributed by atoms with Crippen molar-refractivity contribution in [1.29, 1.82) is 0 Å². The van der Waals surface area contributed by atoms with Gasteiger partial charge in [0.15, 0.2) is 0 Å². The van der Waals surface area contributed by atoms with E-state index < -0.39 is 0 Å². The smallest absolute Gasteiger partial charge is 0.303 e. The second kappa shape index (κ2) is 39.2. The minimum Gasteiger partial charge on any atom is -0.348 e. The molecule has 0 unspecified atom stereocenters. The highest BCUT2D eigenvalue weighted by Gasteiger charge is 2.20. The largest absolute Gasteiger partial charge is 0.348 e. The second-order valence-corrected chi connectivity index (χ2v) is 19.0. The molecule has 0 aliphatic rings. The Balaban J connectivity index is 2.71. The van der Waals surface area contributed by atoms with Gasteiger partial charge in [-0.25, -0.2) is 0 Å². The Hall–Kier alpha value is -3.18. The van der Waals surface area contributed by atoms with E-state index in [0.717, 1.165) is 63.4 Å². The van der Waals surface area contributed by atoms with Gasteiger partial charge in [0.05, 0.1) is 5.57 Å². The van der Waals surface area contributed by atoms with E-state index >= 15 is 0 Å². The maximum absolute atomic E-state index is 10.1. The number of nitrogens with zero attached hydrogens (tertiary/aromatic N) is 2. The molecular formula is C61H98N2. The molecule has 0 radical (unpaired) electrons. The van der Waals surface area contributed by atoms with Crippen LogP contribution in [0.15, 0.2) is 59.7 Å². The van der Waals surface area contributed by atoms with Gasteiger partial charge in [-0.15, -0.1) is 4.79 Å². The summed E-state index contributed by atoms with van der Waals surface area (Å²) in [4.78, 5) is 3.62. The van der Waals surface area contributed by atoms with E-state index in [1.54, 1.807) is 0 Å². The Morgan fingerprint density at radius 3 is 1.27 bits per heavy atom. The Morgan fingerprint density at radius 2 is 0.825 bits per heavy atom. The van der Waals surface area contributed by atoms with Crippen molar-refractivity contribution in [2.45, 2.75) is 266 Å². The van der Waals surface area contributed by atoms with Gasteiger partial charge in [0.25, 0.3) is 0 Å². The molecule has 0 aliphatic carbocycles. The third-order valence-electron chi connectivity index (χ3n) is 13.0. The molecule has 0 N–H and O–H groups in total. The SMILES string of the molecule is CCCCCCCCCCCC=Cc1cc(C=CCCCCCCCCCCC)cc(C(=C(CCCCC)C(=C=[N+]=[N-])CCCC)c2cc(CCCCC)cc(CCCCC)c2)c1. The van der Waals surface area contributed by atoms with Gasteiger partial charge in [-0.1, -0.05) is 232 Å². The quantitative estimate of drug-likeness (QED) is 0.0210. The molecule has 0 aromatic heterocycles. The maximum Gasteiger partial charge on any atom is 0.303 e.